The molecule has 5 aromatic rings. The molecule has 9 heteroatoms. The van der Waals surface area contributed by atoms with Crippen molar-refractivity contribution < 1.29 is 24.2 Å². The predicted molar refractivity (Wildman–Crippen MR) is 184 cm³/mol. The zero-order chi connectivity index (χ0) is 32.5. The van der Waals surface area contributed by atoms with Gasteiger partial charge in [0.15, 0.2) is 0 Å². The van der Waals surface area contributed by atoms with E-state index >= 15 is 0 Å². The fourth-order valence-electron chi connectivity index (χ4n) is 5.72. The Morgan fingerprint density at radius 3 is 2.57 bits per heavy atom. The van der Waals surface area contributed by atoms with Crippen molar-refractivity contribution in [2.24, 2.45) is 5.92 Å². The molecule has 3 aromatic carbocycles. The number of aromatic amines is 1. The second kappa shape index (κ2) is 12.7. The number of hydrogen-bond donors (Lipinski definition) is 4. The van der Waals surface area contributed by atoms with Crippen LogP contribution in [0.3, 0.4) is 0 Å². The topological polar surface area (TPSA) is 121 Å². The highest BCUT2D eigenvalue weighted by Crippen LogP contribution is 2.43. The number of amides is 2. The highest BCUT2D eigenvalue weighted by Gasteiger charge is 2.26. The van der Waals surface area contributed by atoms with Gasteiger partial charge in [-0.25, -0.2) is 4.79 Å². The molecule has 46 heavy (non-hydrogen) atoms. The third-order valence-electron chi connectivity index (χ3n) is 7.92. The number of anilines is 1. The maximum absolute atomic E-state index is 14.4. The van der Waals surface area contributed by atoms with Crippen LogP contribution in [0, 0.1) is 5.92 Å². The molecule has 3 heterocycles. The van der Waals surface area contributed by atoms with Crippen LogP contribution in [0.15, 0.2) is 71.7 Å². The Morgan fingerprint density at radius 1 is 0.978 bits per heavy atom. The standard InChI is InChI=1S/C37H35N3O5S/c1-20(2)15-27-25-9-12-38-31(25)7-8-32(27)40-36(42)28-17-30-33(45-13-10-22-11-14-46-34(22)30)18-26(28)24-6-5-23(16-29(24)37(43)44)35(41)39-19-21(3)4/h5-9,11-12,14-18,21,38H,10,13,19H2,1-4H3,(H,39,41)(H,40,42)(H,43,44). The van der Waals surface area contributed by atoms with E-state index in [4.69, 9.17) is 4.74 Å². The number of allylic oxidation sites excluding steroid dienone is 1. The quantitative estimate of drug-likeness (QED) is 0.137. The number of aromatic nitrogens is 1. The molecule has 4 N–H and O–H groups in total. The Hall–Kier alpha value is -5.15. The van der Waals surface area contributed by atoms with Gasteiger partial charge >= 0.3 is 5.97 Å². The number of ether oxygens (including phenoxy) is 1. The zero-order valence-electron chi connectivity index (χ0n) is 26.1. The summed E-state index contributed by atoms with van der Waals surface area (Å²) in [4.78, 5) is 44.1. The SMILES string of the molecule is CC(C)=Cc1c(NC(=O)c2cc3c(cc2-c2ccc(C(=O)NCC(C)C)cc2C(=O)O)OCCc2ccsc2-3)ccc2[nH]ccc12. The number of H-pyrrole nitrogens is 1. The van der Waals surface area contributed by atoms with Crippen LogP contribution in [0.2, 0.25) is 0 Å². The van der Waals surface area contributed by atoms with Crippen molar-refractivity contribution >= 4 is 51.8 Å². The molecule has 0 fully saturated rings. The molecule has 0 atom stereocenters. The van der Waals surface area contributed by atoms with E-state index in [1.54, 1.807) is 35.6 Å². The number of thiophene rings is 1. The summed E-state index contributed by atoms with van der Waals surface area (Å²) >= 11 is 1.58. The number of fused-ring (bicyclic) bond motifs is 4. The highest BCUT2D eigenvalue weighted by atomic mass is 32.1. The Kier molecular flexibility index (Phi) is 8.51. The molecule has 0 saturated carbocycles. The number of carboxylic acids is 1. The van der Waals surface area contributed by atoms with E-state index < -0.39 is 11.9 Å². The second-order valence-corrected chi connectivity index (χ2v) is 13.0. The van der Waals surface area contributed by atoms with Crippen molar-refractivity contribution in [2.75, 3.05) is 18.5 Å². The number of carbonyl (C=O) groups excluding carboxylic acids is 2. The Bertz CT molecular complexity index is 2030. The van der Waals surface area contributed by atoms with Crippen molar-refractivity contribution in [3.63, 3.8) is 0 Å². The fraction of sp³-hybridized carbons (Fsp3) is 0.216. The van der Waals surface area contributed by atoms with Crippen LogP contribution in [-0.2, 0) is 6.42 Å². The van der Waals surface area contributed by atoms with Gasteiger partial charge in [0, 0.05) is 62.9 Å². The summed E-state index contributed by atoms with van der Waals surface area (Å²) in [6.45, 7) is 8.88. The van der Waals surface area contributed by atoms with Gasteiger partial charge in [-0.2, -0.15) is 0 Å². The monoisotopic (exact) mass is 633 g/mol. The van der Waals surface area contributed by atoms with Gasteiger partial charge in [-0.1, -0.05) is 31.6 Å². The lowest BCUT2D eigenvalue weighted by molar-refractivity contribution is 0.0697. The van der Waals surface area contributed by atoms with E-state index in [9.17, 15) is 19.5 Å². The Balaban J connectivity index is 1.51. The zero-order valence-corrected chi connectivity index (χ0v) is 26.9. The third kappa shape index (κ3) is 6.06. The molecule has 234 valence electrons. The first-order valence-electron chi connectivity index (χ1n) is 15.2. The molecule has 0 bridgehead atoms. The number of aromatic carboxylic acids is 1. The summed E-state index contributed by atoms with van der Waals surface area (Å²) in [6.07, 6.45) is 4.61. The van der Waals surface area contributed by atoms with Gasteiger partial charge in [0.05, 0.1) is 12.2 Å². The molecular weight excluding hydrogens is 598 g/mol. The number of carbonyl (C=O) groups is 3. The summed E-state index contributed by atoms with van der Waals surface area (Å²) in [5.41, 5.74) is 6.57. The molecule has 0 radical (unpaired) electrons. The lowest BCUT2D eigenvalue weighted by atomic mass is 9.91. The average molecular weight is 634 g/mol. The van der Waals surface area contributed by atoms with E-state index in [2.05, 4.69) is 21.7 Å². The first kappa shape index (κ1) is 30.9. The van der Waals surface area contributed by atoms with E-state index in [1.807, 2.05) is 63.5 Å². The molecule has 0 aliphatic carbocycles. The minimum Gasteiger partial charge on any atom is -0.493 e. The summed E-state index contributed by atoms with van der Waals surface area (Å²) in [5, 5.41) is 19.3. The normalized spacial score (nSPS) is 12.1. The van der Waals surface area contributed by atoms with Crippen LogP contribution < -0.4 is 15.4 Å². The van der Waals surface area contributed by atoms with E-state index in [1.165, 1.54) is 6.07 Å². The van der Waals surface area contributed by atoms with Gasteiger partial charge in [-0.3, -0.25) is 9.59 Å². The molecule has 8 nitrogen and oxygen atoms in total. The van der Waals surface area contributed by atoms with Gasteiger partial charge in [-0.15, -0.1) is 11.3 Å². The van der Waals surface area contributed by atoms with Crippen LogP contribution in [0.5, 0.6) is 5.75 Å². The first-order valence-corrected chi connectivity index (χ1v) is 16.1. The van der Waals surface area contributed by atoms with Gasteiger partial charge in [0.1, 0.15) is 5.75 Å². The van der Waals surface area contributed by atoms with Crippen molar-refractivity contribution in [1.29, 1.82) is 0 Å². The Morgan fingerprint density at radius 2 is 1.80 bits per heavy atom. The maximum Gasteiger partial charge on any atom is 0.336 e. The molecule has 0 spiro atoms. The predicted octanol–water partition coefficient (Wildman–Crippen LogP) is 8.26. The second-order valence-electron chi connectivity index (χ2n) is 12.1. The average Bonchev–Trinajstić information content (AvgIpc) is 3.67. The number of benzene rings is 3. The molecule has 6 rings (SSSR count). The summed E-state index contributed by atoms with van der Waals surface area (Å²) in [7, 11) is 0. The molecule has 2 amide bonds. The van der Waals surface area contributed by atoms with E-state index in [0.717, 1.165) is 38.0 Å². The first-order chi connectivity index (χ1) is 22.1. The lowest BCUT2D eigenvalue weighted by Gasteiger charge is -2.18. The molecular formula is C37H35N3O5S. The van der Waals surface area contributed by atoms with Crippen LogP contribution in [-0.4, -0.2) is 41.0 Å². The molecule has 1 aliphatic rings. The third-order valence-corrected chi connectivity index (χ3v) is 8.91. The van der Waals surface area contributed by atoms with Crippen LogP contribution in [0.1, 0.15) is 69.9 Å². The summed E-state index contributed by atoms with van der Waals surface area (Å²) < 4.78 is 6.18. The summed E-state index contributed by atoms with van der Waals surface area (Å²) in [6, 6.07) is 15.9. The van der Waals surface area contributed by atoms with Crippen LogP contribution in [0.25, 0.3) is 38.5 Å². The van der Waals surface area contributed by atoms with E-state index in [-0.39, 0.29) is 23.0 Å². The Labute approximate surface area is 271 Å². The van der Waals surface area contributed by atoms with Crippen molar-refractivity contribution in [1.82, 2.24) is 10.3 Å². The van der Waals surface area contributed by atoms with Crippen molar-refractivity contribution in [2.45, 2.75) is 34.1 Å². The highest BCUT2D eigenvalue weighted by molar-refractivity contribution is 7.13. The molecule has 0 saturated heterocycles. The van der Waals surface area contributed by atoms with E-state index in [0.29, 0.717) is 47.7 Å². The van der Waals surface area contributed by atoms with Crippen LogP contribution >= 0.6 is 11.3 Å². The van der Waals surface area contributed by atoms with Crippen LogP contribution in [0.4, 0.5) is 5.69 Å². The van der Waals surface area contributed by atoms with Crippen molar-refractivity contribution in [3.8, 4) is 27.3 Å². The van der Waals surface area contributed by atoms with Gasteiger partial charge in [0.2, 0.25) is 0 Å². The largest absolute Gasteiger partial charge is 0.493 e. The van der Waals surface area contributed by atoms with Crippen molar-refractivity contribution in [3.05, 3.63) is 99.6 Å². The lowest BCUT2D eigenvalue weighted by Crippen LogP contribution is -2.27. The number of carboxylic acid groups (broad SMARTS) is 1. The smallest absolute Gasteiger partial charge is 0.336 e. The minimum atomic E-state index is -1.21. The number of hydrogen-bond acceptors (Lipinski definition) is 5. The minimum absolute atomic E-state index is 0.0874. The molecule has 1 aliphatic heterocycles. The molecule has 0 unspecified atom stereocenters. The molecule has 2 aromatic heterocycles. The van der Waals surface area contributed by atoms with Gasteiger partial charge in [-0.05, 0) is 90.4 Å². The summed E-state index contributed by atoms with van der Waals surface area (Å²) in [5.74, 6) is -1.15. The fourth-order valence-corrected chi connectivity index (χ4v) is 6.70. The van der Waals surface area contributed by atoms with Gasteiger partial charge < -0.3 is 25.5 Å². The number of rotatable bonds is 8. The number of nitrogens with one attached hydrogen (secondary N) is 3. The maximum atomic E-state index is 14.4. The van der Waals surface area contributed by atoms with Gasteiger partial charge in [0.25, 0.3) is 11.8 Å².